The highest BCUT2D eigenvalue weighted by atomic mass is 32.2. The Morgan fingerprint density at radius 2 is 1.73 bits per heavy atom. The van der Waals surface area contributed by atoms with Crippen molar-refractivity contribution in [1.29, 1.82) is 0 Å². The predicted octanol–water partition coefficient (Wildman–Crippen LogP) is 3.78. The maximum absolute atomic E-state index is 13.5. The summed E-state index contributed by atoms with van der Waals surface area (Å²) < 4.78 is 28.5. The number of H-pyrrole nitrogens is 1. The molecule has 0 saturated carbocycles. The molecule has 0 aliphatic carbocycles. The maximum Gasteiger partial charge on any atom is 0.264 e. The molecular formula is C23H28N4O5S. The van der Waals surface area contributed by atoms with Crippen molar-refractivity contribution in [2.24, 2.45) is 0 Å². The molecule has 0 spiro atoms. The highest BCUT2D eigenvalue weighted by Gasteiger charge is 2.25. The van der Waals surface area contributed by atoms with E-state index in [4.69, 9.17) is 5.21 Å². The molecule has 0 radical (unpaired) electrons. The van der Waals surface area contributed by atoms with Crippen LogP contribution in [-0.4, -0.2) is 37.0 Å². The summed E-state index contributed by atoms with van der Waals surface area (Å²) in [5, 5.41) is 12.1. The number of carbonyl (C=O) groups is 2. The van der Waals surface area contributed by atoms with E-state index in [-0.39, 0.29) is 23.8 Å². The van der Waals surface area contributed by atoms with Gasteiger partial charge >= 0.3 is 0 Å². The number of benzene rings is 2. The number of amides is 2. The molecule has 3 aromatic rings. The first-order valence-corrected chi connectivity index (χ1v) is 12.2. The molecule has 33 heavy (non-hydrogen) atoms. The van der Waals surface area contributed by atoms with Gasteiger partial charge in [-0.3, -0.25) is 19.1 Å². The van der Waals surface area contributed by atoms with Crippen molar-refractivity contribution in [1.82, 2.24) is 10.5 Å². The van der Waals surface area contributed by atoms with Crippen molar-refractivity contribution in [3.05, 3.63) is 54.7 Å². The number of aromatic nitrogens is 1. The number of nitrogens with one attached hydrogen (secondary N) is 3. The lowest BCUT2D eigenvalue weighted by Crippen LogP contribution is -2.32. The first kappa shape index (κ1) is 24.3. The Balaban J connectivity index is 1.79. The van der Waals surface area contributed by atoms with E-state index >= 15 is 0 Å². The summed E-state index contributed by atoms with van der Waals surface area (Å²) in [7, 11) is -3.85. The minimum atomic E-state index is -3.85. The number of hydroxylamine groups is 1. The maximum atomic E-state index is 13.5. The monoisotopic (exact) mass is 472 g/mol. The second-order valence-corrected chi connectivity index (χ2v) is 9.59. The van der Waals surface area contributed by atoms with Gasteiger partial charge in [0.25, 0.3) is 10.0 Å². The lowest BCUT2D eigenvalue weighted by molar-refractivity contribution is -0.129. The van der Waals surface area contributed by atoms with E-state index in [1.54, 1.807) is 29.9 Å². The minimum Gasteiger partial charge on any atom is -0.361 e. The fourth-order valence-electron chi connectivity index (χ4n) is 3.58. The number of hydrogen-bond acceptors (Lipinski definition) is 5. The van der Waals surface area contributed by atoms with Crippen molar-refractivity contribution >= 4 is 44.1 Å². The van der Waals surface area contributed by atoms with Crippen LogP contribution in [0.4, 0.5) is 11.4 Å². The van der Waals surface area contributed by atoms with Gasteiger partial charge in [0.1, 0.15) is 0 Å². The van der Waals surface area contributed by atoms with Crippen LogP contribution in [-0.2, 0) is 19.6 Å². The summed E-state index contributed by atoms with van der Waals surface area (Å²) in [6.45, 7) is 1.66. The molecule has 3 rings (SSSR count). The summed E-state index contributed by atoms with van der Waals surface area (Å²) in [4.78, 5) is 25.6. The van der Waals surface area contributed by atoms with Gasteiger partial charge in [-0.25, -0.2) is 13.9 Å². The van der Waals surface area contributed by atoms with E-state index in [9.17, 15) is 18.0 Å². The molecule has 10 heteroatoms. The standard InChI is InChI=1S/C23H28N4O5S/c1-17(28)25-19-7-10-21(11-8-19)33(31,32)27(15-5-3-2-4-6-23(29)26-30)20-9-12-22-18(16-20)13-14-24-22/h7-14,16,24,30H,2-6,15H2,1H3,(H,25,28)(H,26,29). The molecule has 9 nitrogen and oxygen atoms in total. The molecule has 176 valence electrons. The number of hydrogen-bond donors (Lipinski definition) is 4. The van der Waals surface area contributed by atoms with Crippen LogP contribution in [0.5, 0.6) is 0 Å². The number of unbranched alkanes of at least 4 members (excludes halogenated alkanes) is 3. The van der Waals surface area contributed by atoms with Gasteiger partial charge in [0, 0.05) is 42.7 Å². The number of nitrogens with zero attached hydrogens (tertiary/aromatic N) is 1. The molecule has 0 fully saturated rings. The summed E-state index contributed by atoms with van der Waals surface area (Å²) in [5.74, 6) is -0.662. The summed E-state index contributed by atoms with van der Waals surface area (Å²) in [6.07, 6.45) is 4.72. The topological polar surface area (TPSA) is 132 Å². The molecule has 2 aromatic carbocycles. The van der Waals surface area contributed by atoms with E-state index in [0.29, 0.717) is 24.2 Å². The van der Waals surface area contributed by atoms with Crippen LogP contribution in [0.1, 0.15) is 39.0 Å². The molecule has 2 amide bonds. The largest absolute Gasteiger partial charge is 0.361 e. The summed E-state index contributed by atoms with van der Waals surface area (Å²) in [6, 6.07) is 13.4. The van der Waals surface area contributed by atoms with Gasteiger partial charge in [0.15, 0.2) is 0 Å². The molecule has 0 unspecified atom stereocenters. The van der Waals surface area contributed by atoms with Crippen LogP contribution < -0.4 is 15.1 Å². The van der Waals surface area contributed by atoms with Gasteiger partial charge in [-0.05, 0) is 61.4 Å². The van der Waals surface area contributed by atoms with E-state index in [1.165, 1.54) is 23.4 Å². The minimum absolute atomic E-state index is 0.130. The molecule has 0 atom stereocenters. The third kappa shape index (κ3) is 6.33. The van der Waals surface area contributed by atoms with Gasteiger partial charge in [-0.15, -0.1) is 0 Å². The van der Waals surface area contributed by atoms with Crippen LogP contribution in [0, 0.1) is 0 Å². The summed E-state index contributed by atoms with van der Waals surface area (Å²) in [5.41, 5.74) is 3.61. The predicted molar refractivity (Wildman–Crippen MR) is 127 cm³/mol. The quantitative estimate of drug-likeness (QED) is 0.192. The molecule has 0 aliphatic rings. The lowest BCUT2D eigenvalue weighted by Gasteiger charge is -2.25. The number of fused-ring (bicyclic) bond motifs is 1. The number of aromatic amines is 1. The first-order chi connectivity index (χ1) is 15.8. The second-order valence-electron chi connectivity index (χ2n) is 7.73. The molecule has 1 aromatic heterocycles. The van der Waals surface area contributed by atoms with Crippen molar-refractivity contribution in [3.63, 3.8) is 0 Å². The highest BCUT2D eigenvalue weighted by molar-refractivity contribution is 7.92. The Morgan fingerprint density at radius 1 is 1.00 bits per heavy atom. The highest BCUT2D eigenvalue weighted by Crippen LogP contribution is 2.28. The van der Waals surface area contributed by atoms with E-state index in [2.05, 4.69) is 10.3 Å². The van der Waals surface area contributed by atoms with E-state index in [0.717, 1.165) is 23.7 Å². The van der Waals surface area contributed by atoms with Gasteiger partial charge in [-0.1, -0.05) is 12.8 Å². The van der Waals surface area contributed by atoms with Crippen molar-refractivity contribution < 1.29 is 23.2 Å². The zero-order valence-corrected chi connectivity index (χ0v) is 19.2. The number of anilines is 2. The van der Waals surface area contributed by atoms with Gasteiger partial charge < -0.3 is 10.3 Å². The Hall–Kier alpha value is -3.37. The fourth-order valence-corrected chi connectivity index (χ4v) is 5.07. The van der Waals surface area contributed by atoms with Crippen LogP contribution in [0.3, 0.4) is 0 Å². The fraction of sp³-hybridized carbons (Fsp3) is 0.304. The van der Waals surface area contributed by atoms with Gasteiger partial charge in [0.2, 0.25) is 11.8 Å². The zero-order valence-electron chi connectivity index (χ0n) is 18.4. The number of carbonyl (C=O) groups excluding carboxylic acids is 2. The molecule has 4 N–H and O–H groups in total. The molecule has 0 bridgehead atoms. The average molecular weight is 473 g/mol. The third-order valence-corrected chi connectivity index (χ3v) is 7.07. The van der Waals surface area contributed by atoms with E-state index in [1.807, 2.05) is 18.2 Å². The van der Waals surface area contributed by atoms with Crippen LogP contribution >= 0.6 is 0 Å². The molecule has 0 aliphatic heterocycles. The Morgan fingerprint density at radius 3 is 2.42 bits per heavy atom. The van der Waals surface area contributed by atoms with Gasteiger partial charge in [0.05, 0.1) is 10.6 Å². The normalized spacial score (nSPS) is 11.3. The van der Waals surface area contributed by atoms with E-state index < -0.39 is 15.9 Å². The van der Waals surface area contributed by atoms with Crippen molar-refractivity contribution in [2.45, 2.75) is 43.9 Å². The Labute approximate surface area is 192 Å². The molecule has 1 heterocycles. The Kier molecular flexibility index (Phi) is 8.07. The van der Waals surface area contributed by atoms with Crippen molar-refractivity contribution in [3.8, 4) is 0 Å². The van der Waals surface area contributed by atoms with Crippen molar-refractivity contribution in [2.75, 3.05) is 16.2 Å². The van der Waals surface area contributed by atoms with Crippen LogP contribution in [0.15, 0.2) is 59.6 Å². The van der Waals surface area contributed by atoms with Gasteiger partial charge in [-0.2, -0.15) is 0 Å². The number of rotatable bonds is 11. The smallest absolute Gasteiger partial charge is 0.264 e. The average Bonchev–Trinajstić information content (AvgIpc) is 3.26. The summed E-state index contributed by atoms with van der Waals surface area (Å²) >= 11 is 0. The Bertz CT molecular complexity index is 1210. The van der Waals surface area contributed by atoms with Crippen LogP contribution in [0.2, 0.25) is 0 Å². The SMILES string of the molecule is CC(=O)Nc1ccc(S(=O)(=O)N(CCCCCCC(=O)NO)c2ccc3[nH]ccc3c2)cc1. The second kappa shape index (κ2) is 11.0. The number of sulfonamides is 1. The molecular weight excluding hydrogens is 444 g/mol. The molecule has 0 saturated heterocycles. The third-order valence-electron chi connectivity index (χ3n) is 5.23. The zero-order chi connectivity index (χ0) is 23.8. The first-order valence-electron chi connectivity index (χ1n) is 10.7. The van der Waals surface area contributed by atoms with Crippen LogP contribution in [0.25, 0.3) is 10.9 Å². The lowest BCUT2D eigenvalue weighted by atomic mass is 10.1.